The third-order valence-corrected chi connectivity index (χ3v) is 5.96. The number of aromatic amines is 1. The summed E-state index contributed by atoms with van der Waals surface area (Å²) in [4.78, 5) is 40.2. The number of rotatable bonds is 6. The topological polar surface area (TPSA) is 107 Å². The van der Waals surface area contributed by atoms with E-state index in [1.807, 2.05) is 24.3 Å². The van der Waals surface area contributed by atoms with Crippen molar-refractivity contribution >= 4 is 23.0 Å². The maximum atomic E-state index is 14.0. The number of carbonyl (C=O) groups excluding carboxylic acids is 2. The van der Waals surface area contributed by atoms with Gasteiger partial charge in [-0.3, -0.25) is 9.78 Å². The molecule has 34 heavy (non-hydrogen) atoms. The van der Waals surface area contributed by atoms with Gasteiger partial charge in [0.1, 0.15) is 29.3 Å². The van der Waals surface area contributed by atoms with Gasteiger partial charge in [-0.15, -0.1) is 0 Å². The van der Waals surface area contributed by atoms with Crippen molar-refractivity contribution in [2.45, 2.75) is 51.2 Å². The first kappa shape index (κ1) is 23.7. The predicted molar refractivity (Wildman–Crippen MR) is 126 cm³/mol. The number of benzene rings is 1. The number of pyridine rings is 1. The molecule has 1 fully saturated rings. The fourth-order valence-electron chi connectivity index (χ4n) is 4.50. The molecule has 4 rings (SSSR count). The number of likely N-dealkylation sites (tertiary alicyclic amines) is 1. The molecule has 1 saturated heterocycles. The lowest BCUT2D eigenvalue weighted by Gasteiger charge is -2.29. The molecule has 0 spiro atoms. The average molecular weight is 467 g/mol. The van der Waals surface area contributed by atoms with Gasteiger partial charge in [0.2, 0.25) is 5.91 Å². The Balaban J connectivity index is 1.86. The van der Waals surface area contributed by atoms with Crippen LogP contribution in [0.25, 0.3) is 11.0 Å². The highest BCUT2D eigenvalue weighted by molar-refractivity contribution is 6.03. The van der Waals surface area contributed by atoms with Gasteiger partial charge in [0, 0.05) is 26.0 Å². The Morgan fingerprint density at radius 1 is 1.18 bits per heavy atom. The second-order valence-electron chi connectivity index (χ2n) is 9.46. The number of methoxy groups -OCH3 is 2. The van der Waals surface area contributed by atoms with Crippen LogP contribution < -0.4 is 4.74 Å². The number of ether oxygens (including phenoxy) is 3. The van der Waals surface area contributed by atoms with Gasteiger partial charge >= 0.3 is 6.09 Å². The number of H-pyrrole nitrogens is 1. The van der Waals surface area contributed by atoms with Gasteiger partial charge in [-0.1, -0.05) is 6.07 Å². The second-order valence-corrected chi connectivity index (χ2v) is 9.46. The number of amides is 2. The zero-order valence-electron chi connectivity index (χ0n) is 20.2. The van der Waals surface area contributed by atoms with E-state index in [4.69, 9.17) is 14.2 Å². The molecule has 1 unspecified atom stereocenters. The van der Waals surface area contributed by atoms with E-state index in [1.54, 1.807) is 47.4 Å². The predicted octanol–water partition coefficient (Wildman–Crippen LogP) is 3.76. The monoisotopic (exact) mass is 466 g/mol. The van der Waals surface area contributed by atoms with Gasteiger partial charge < -0.3 is 19.2 Å². The van der Waals surface area contributed by atoms with Crippen molar-refractivity contribution in [1.29, 1.82) is 0 Å². The van der Waals surface area contributed by atoms with Crippen molar-refractivity contribution in [2.75, 3.05) is 20.8 Å². The van der Waals surface area contributed by atoms with Gasteiger partial charge in [-0.05, 0) is 62.9 Å². The molecule has 3 heterocycles. The maximum absolute atomic E-state index is 14.0. The molecule has 0 aliphatic carbocycles. The molecule has 1 aliphatic heterocycles. The Labute approximate surface area is 198 Å². The van der Waals surface area contributed by atoms with Gasteiger partial charge in [0.15, 0.2) is 0 Å². The first-order valence-electron chi connectivity index (χ1n) is 11.2. The van der Waals surface area contributed by atoms with Crippen LogP contribution in [-0.2, 0) is 32.7 Å². The van der Waals surface area contributed by atoms with Gasteiger partial charge in [0.05, 0.1) is 18.0 Å². The summed E-state index contributed by atoms with van der Waals surface area (Å²) in [5.41, 5.74) is 1.30. The first-order valence-corrected chi connectivity index (χ1v) is 11.2. The van der Waals surface area contributed by atoms with E-state index in [1.165, 1.54) is 4.90 Å². The van der Waals surface area contributed by atoms with Crippen LogP contribution in [0.3, 0.4) is 0 Å². The van der Waals surface area contributed by atoms with Crippen LogP contribution in [0.4, 0.5) is 4.79 Å². The highest BCUT2D eigenvalue weighted by atomic mass is 16.6. The lowest BCUT2D eigenvalue weighted by Crippen LogP contribution is -2.44. The summed E-state index contributed by atoms with van der Waals surface area (Å²) in [6.45, 7) is 5.89. The number of hydrogen-bond donors (Lipinski definition) is 1. The summed E-state index contributed by atoms with van der Waals surface area (Å²) < 4.78 is 16.3. The number of aromatic nitrogens is 3. The van der Waals surface area contributed by atoms with Crippen LogP contribution in [0.5, 0.6) is 5.75 Å². The Hall–Kier alpha value is -3.46. The summed E-state index contributed by atoms with van der Waals surface area (Å²) in [6.07, 6.45) is 3.60. The molecule has 1 aliphatic rings. The summed E-state index contributed by atoms with van der Waals surface area (Å²) in [5, 5.41) is 0. The van der Waals surface area contributed by atoms with Crippen molar-refractivity contribution in [3.8, 4) is 5.75 Å². The SMILES string of the molecule is COCc1nc2c(OC)ccc(C3(Cc4ccncc4)CCN(C(=O)OC(C)(C)C)C3=O)c2[nH]1. The van der Waals surface area contributed by atoms with Crippen molar-refractivity contribution in [3.63, 3.8) is 0 Å². The van der Waals surface area contributed by atoms with Crippen LogP contribution >= 0.6 is 0 Å². The van der Waals surface area contributed by atoms with Crippen LogP contribution in [0.15, 0.2) is 36.7 Å². The second kappa shape index (κ2) is 9.06. The first-order chi connectivity index (χ1) is 16.2. The lowest BCUT2D eigenvalue weighted by atomic mass is 9.73. The summed E-state index contributed by atoms with van der Waals surface area (Å²) in [5.74, 6) is 0.913. The van der Waals surface area contributed by atoms with E-state index in [0.717, 1.165) is 11.1 Å². The molecular formula is C25H30N4O5. The van der Waals surface area contributed by atoms with Crippen molar-refractivity contribution in [1.82, 2.24) is 19.9 Å². The Bertz CT molecular complexity index is 1200. The summed E-state index contributed by atoms with van der Waals surface area (Å²) in [6, 6.07) is 7.46. The zero-order valence-corrected chi connectivity index (χ0v) is 20.2. The molecule has 1 atom stereocenters. The molecule has 0 radical (unpaired) electrons. The van der Waals surface area contributed by atoms with E-state index >= 15 is 0 Å². The number of imide groups is 1. The van der Waals surface area contributed by atoms with Gasteiger partial charge in [0.25, 0.3) is 0 Å². The number of fused-ring (bicyclic) bond motifs is 1. The maximum Gasteiger partial charge on any atom is 0.417 e. The largest absolute Gasteiger partial charge is 0.494 e. The molecular weight excluding hydrogens is 436 g/mol. The lowest BCUT2D eigenvalue weighted by molar-refractivity contribution is -0.131. The summed E-state index contributed by atoms with van der Waals surface area (Å²) in [7, 11) is 3.17. The number of imidazole rings is 1. The van der Waals surface area contributed by atoms with Crippen molar-refractivity contribution in [2.24, 2.45) is 0 Å². The number of nitrogens with zero attached hydrogens (tertiary/aromatic N) is 3. The molecule has 1 aromatic carbocycles. The number of nitrogens with one attached hydrogen (secondary N) is 1. The van der Waals surface area contributed by atoms with Crippen LogP contribution in [0.1, 0.15) is 44.1 Å². The highest BCUT2D eigenvalue weighted by Crippen LogP contribution is 2.43. The molecule has 3 aromatic rings. The molecule has 0 saturated carbocycles. The normalized spacial score (nSPS) is 18.5. The van der Waals surface area contributed by atoms with E-state index in [2.05, 4.69) is 15.0 Å². The van der Waals surface area contributed by atoms with Crippen LogP contribution in [0, 0.1) is 0 Å². The molecule has 9 heteroatoms. The fourth-order valence-corrected chi connectivity index (χ4v) is 4.50. The van der Waals surface area contributed by atoms with Crippen LogP contribution in [-0.4, -0.2) is 58.2 Å². The van der Waals surface area contributed by atoms with E-state index in [9.17, 15) is 9.59 Å². The minimum Gasteiger partial charge on any atom is -0.494 e. The minimum atomic E-state index is -1.00. The molecule has 2 aromatic heterocycles. The van der Waals surface area contributed by atoms with Crippen LogP contribution in [0.2, 0.25) is 0 Å². The molecule has 180 valence electrons. The average Bonchev–Trinajstić information content (AvgIpc) is 3.35. The smallest absolute Gasteiger partial charge is 0.417 e. The van der Waals surface area contributed by atoms with Crippen molar-refractivity contribution in [3.05, 3.63) is 53.6 Å². The third kappa shape index (κ3) is 4.35. The molecule has 0 bridgehead atoms. The highest BCUT2D eigenvalue weighted by Gasteiger charge is 2.52. The number of hydrogen-bond acceptors (Lipinski definition) is 7. The summed E-state index contributed by atoms with van der Waals surface area (Å²) >= 11 is 0. The Kier molecular flexibility index (Phi) is 6.31. The fraction of sp³-hybridized carbons (Fsp3) is 0.440. The molecule has 2 amide bonds. The van der Waals surface area contributed by atoms with E-state index < -0.39 is 17.1 Å². The van der Waals surface area contributed by atoms with Gasteiger partial charge in [-0.2, -0.15) is 0 Å². The standard InChI is InChI=1S/C25H30N4O5/c1-24(2,3)34-23(31)29-13-10-25(22(29)30,14-16-8-11-26-12-9-16)17-6-7-18(33-5)21-20(17)27-19(28-21)15-32-4/h6-9,11-12H,10,13-15H2,1-5H3,(H,27,28). The Morgan fingerprint density at radius 3 is 2.56 bits per heavy atom. The third-order valence-electron chi connectivity index (χ3n) is 5.96. The molecule has 1 N–H and O–H groups in total. The zero-order chi connectivity index (χ0) is 24.5. The number of carbonyl (C=O) groups is 2. The molecule has 9 nitrogen and oxygen atoms in total. The Morgan fingerprint density at radius 2 is 1.91 bits per heavy atom. The van der Waals surface area contributed by atoms with Crippen molar-refractivity contribution < 1.29 is 23.8 Å². The van der Waals surface area contributed by atoms with E-state index in [-0.39, 0.29) is 19.1 Å². The quantitative estimate of drug-likeness (QED) is 0.589. The van der Waals surface area contributed by atoms with Gasteiger partial charge in [-0.25, -0.2) is 14.7 Å². The van der Waals surface area contributed by atoms with E-state index in [0.29, 0.717) is 35.4 Å². The minimum absolute atomic E-state index is 0.255.